The Morgan fingerprint density at radius 1 is 1.12 bits per heavy atom. The van der Waals surface area contributed by atoms with Crippen molar-refractivity contribution in [3.8, 4) is 17.2 Å². The zero-order valence-electron chi connectivity index (χ0n) is 13.5. The van der Waals surface area contributed by atoms with E-state index >= 15 is 0 Å². The van der Waals surface area contributed by atoms with E-state index in [1.54, 1.807) is 0 Å². The Kier molecular flexibility index (Phi) is 6.03. The molecule has 25 heavy (non-hydrogen) atoms. The van der Waals surface area contributed by atoms with Gasteiger partial charge in [0.25, 0.3) is 0 Å². The highest BCUT2D eigenvalue weighted by Gasteiger charge is 2.45. The van der Waals surface area contributed by atoms with Crippen LogP contribution < -0.4 is 14.2 Å². The van der Waals surface area contributed by atoms with Crippen LogP contribution >= 0.6 is 0 Å². The average Bonchev–Trinajstić information content (AvgIpc) is 2.61. The summed E-state index contributed by atoms with van der Waals surface area (Å²) in [6.45, 7) is -0.643. The number of ether oxygens (including phenoxy) is 4. The highest BCUT2D eigenvalue weighted by atomic mass is 16.7. The van der Waals surface area contributed by atoms with E-state index in [-0.39, 0.29) is 22.8 Å². The Bertz CT molecular complexity index is 617. The predicted octanol–water partition coefficient (Wildman–Crippen LogP) is -1.42. The summed E-state index contributed by atoms with van der Waals surface area (Å²) in [5, 5.41) is 48.1. The number of aromatic carboxylic acids is 1. The molecule has 1 saturated heterocycles. The lowest BCUT2D eigenvalue weighted by Crippen LogP contribution is -2.60. The van der Waals surface area contributed by atoms with Crippen molar-refractivity contribution in [2.75, 3.05) is 20.8 Å². The van der Waals surface area contributed by atoms with E-state index in [2.05, 4.69) is 0 Å². The van der Waals surface area contributed by atoms with Gasteiger partial charge in [-0.15, -0.1) is 0 Å². The van der Waals surface area contributed by atoms with Gasteiger partial charge in [0, 0.05) is 6.07 Å². The van der Waals surface area contributed by atoms with Crippen molar-refractivity contribution in [1.29, 1.82) is 0 Å². The number of carboxylic acid groups (broad SMARTS) is 1. The number of carboxylic acids is 1. The fourth-order valence-electron chi connectivity index (χ4n) is 2.41. The molecule has 140 valence electrons. The quantitative estimate of drug-likeness (QED) is 0.408. The fraction of sp³-hybridized carbons (Fsp3) is 0.533. The smallest absolute Gasteiger partial charge is 0.339 e. The Morgan fingerprint density at radius 2 is 1.80 bits per heavy atom. The van der Waals surface area contributed by atoms with E-state index in [4.69, 9.17) is 18.9 Å². The molecule has 1 heterocycles. The highest BCUT2D eigenvalue weighted by molar-refractivity contribution is 5.92. The lowest BCUT2D eigenvalue weighted by Gasteiger charge is -2.39. The molecule has 0 radical (unpaired) electrons. The summed E-state index contributed by atoms with van der Waals surface area (Å²) >= 11 is 0. The summed E-state index contributed by atoms with van der Waals surface area (Å²) < 4.78 is 20.7. The number of benzene rings is 1. The second-order valence-corrected chi connectivity index (χ2v) is 5.33. The van der Waals surface area contributed by atoms with Crippen molar-refractivity contribution in [2.24, 2.45) is 0 Å². The molecule has 10 nitrogen and oxygen atoms in total. The lowest BCUT2D eigenvalue weighted by molar-refractivity contribution is -0.277. The monoisotopic (exact) mass is 360 g/mol. The van der Waals surface area contributed by atoms with Gasteiger partial charge < -0.3 is 44.5 Å². The normalized spacial score (nSPS) is 29.1. The van der Waals surface area contributed by atoms with Crippen molar-refractivity contribution >= 4 is 5.97 Å². The number of rotatable bonds is 6. The van der Waals surface area contributed by atoms with Gasteiger partial charge in [0.2, 0.25) is 6.29 Å². The van der Waals surface area contributed by atoms with Gasteiger partial charge >= 0.3 is 5.97 Å². The van der Waals surface area contributed by atoms with Gasteiger partial charge in [-0.1, -0.05) is 0 Å². The summed E-state index contributed by atoms with van der Waals surface area (Å²) in [6.07, 6.45) is -7.65. The first-order valence-corrected chi connectivity index (χ1v) is 7.30. The van der Waals surface area contributed by atoms with Crippen LogP contribution in [0.5, 0.6) is 17.2 Å². The van der Waals surface area contributed by atoms with Crippen LogP contribution in [-0.2, 0) is 4.74 Å². The molecule has 1 aromatic rings. The van der Waals surface area contributed by atoms with E-state index in [0.29, 0.717) is 0 Å². The van der Waals surface area contributed by atoms with Gasteiger partial charge in [0.1, 0.15) is 35.7 Å². The molecule has 10 heteroatoms. The Labute approximate surface area is 142 Å². The van der Waals surface area contributed by atoms with Crippen LogP contribution in [0.1, 0.15) is 10.4 Å². The molecule has 0 aromatic heterocycles. The summed E-state index contributed by atoms with van der Waals surface area (Å²) in [6, 6.07) is 2.55. The number of aliphatic hydroxyl groups excluding tert-OH is 4. The average molecular weight is 360 g/mol. The first kappa shape index (κ1) is 19.2. The number of aliphatic hydroxyl groups is 4. The minimum Gasteiger partial charge on any atom is -0.497 e. The van der Waals surface area contributed by atoms with Gasteiger partial charge in [-0.3, -0.25) is 0 Å². The maximum Gasteiger partial charge on any atom is 0.339 e. The SMILES string of the molecule is COc1cc(OC)c(OC2O[C@H](CO)[C@@H](O)[C@H](O)[C@H]2O)c(C(=O)O)c1. The third-order valence-corrected chi connectivity index (χ3v) is 3.80. The zero-order chi connectivity index (χ0) is 18.7. The molecule has 0 aliphatic carbocycles. The van der Waals surface area contributed by atoms with Crippen molar-refractivity contribution < 1.29 is 49.3 Å². The van der Waals surface area contributed by atoms with E-state index < -0.39 is 43.3 Å². The van der Waals surface area contributed by atoms with Crippen LogP contribution in [0.2, 0.25) is 0 Å². The molecule has 1 aliphatic rings. The summed E-state index contributed by atoms with van der Waals surface area (Å²) in [5.41, 5.74) is -0.326. The molecule has 0 bridgehead atoms. The first-order valence-electron chi connectivity index (χ1n) is 7.30. The van der Waals surface area contributed by atoms with Crippen molar-refractivity contribution in [3.05, 3.63) is 17.7 Å². The van der Waals surface area contributed by atoms with Crippen LogP contribution in [-0.4, -0.2) is 83.0 Å². The number of hydrogen-bond acceptors (Lipinski definition) is 9. The molecule has 0 saturated carbocycles. The first-order chi connectivity index (χ1) is 11.8. The molecule has 2 rings (SSSR count). The molecule has 1 unspecified atom stereocenters. The summed E-state index contributed by atoms with van der Waals surface area (Å²) in [7, 11) is 2.62. The van der Waals surface area contributed by atoms with E-state index in [1.165, 1.54) is 26.4 Å². The number of methoxy groups -OCH3 is 2. The van der Waals surface area contributed by atoms with Gasteiger partial charge in [-0.25, -0.2) is 4.79 Å². The standard InChI is InChI=1S/C15H20O10/c1-22-6-3-7(14(20)21)13(8(4-6)23-2)25-15-12(19)11(18)10(17)9(5-16)24-15/h3-4,9-12,15-19H,5H2,1-2H3,(H,20,21)/t9-,10-,11+,12-,15?/m1/s1. The Morgan fingerprint density at radius 3 is 2.32 bits per heavy atom. The lowest BCUT2D eigenvalue weighted by atomic mass is 9.99. The second kappa shape index (κ2) is 7.85. The summed E-state index contributed by atoms with van der Waals surface area (Å²) in [4.78, 5) is 11.5. The zero-order valence-corrected chi connectivity index (χ0v) is 13.5. The molecule has 5 atom stereocenters. The van der Waals surface area contributed by atoms with Crippen LogP contribution in [0, 0.1) is 0 Å². The van der Waals surface area contributed by atoms with Gasteiger partial charge in [-0.2, -0.15) is 0 Å². The second-order valence-electron chi connectivity index (χ2n) is 5.33. The van der Waals surface area contributed by atoms with Gasteiger partial charge in [-0.05, 0) is 6.07 Å². The van der Waals surface area contributed by atoms with Crippen LogP contribution in [0.25, 0.3) is 0 Å². The van der Waals surface area contributed by atoms with E-state index in [9.17, 15) is 30.3 Å². The van der Waals surface area contributed by atoms with Crippen molar-refractivity contribution in [2.45, 2.75) is 30.7 Å². The minimum absolute atomic E-state index is 0.00582. The molecule has 1 aromatic carbocycles. The molecule has 0 amide bonds. The van der Waals surface area contributed by atoms with Crippen LogP contribution in [0.4, 0.5) is 0 Å². The molecular formula is C15H20O10. The fourth-order valence-corrected chi connectivity index (χ4v) is 2.41. The van der Waals surface area contributed by atoms with Crippen molar-refractivity contribution in [1.82, 2.24) is 0 Å². The third-order valence-electron chi connectivity index (χ3n) is 3.80. The maximum atomic E-state index is 11.5. The number of hydrogen-bond donors (Lipinski definition) is 5. The Hall–Kier alpha value is -2.11. The molecule has 1 fully saturated rings. The molecule has 5 N–H and O–H groups in total. The van der Waals surface area contributed by atoms with Crippen LogP contribution in [0.3, 0.4) is 0 Å². The van der Waals surface area contributed by atoms with E-state index in [0.717, 1.165) is 0 Å². The molecule has 0 spiro atoms. The minimum atomic E-state index is -1.69. The largest absolute Gasteiger partial charge is 0.497 e. The van der Waals surface area contributed by atoms with Crippen molar-refractivity contribution in [3.63, 3.8) is 0 Å². The van der Waals surface area contributed by atoms with Gasteiger partial charge in [0.15, 0.2) is 11.5 Å². The topological polar surface area (TPSA) is 155 Å². The molecular weight excluding hydrogens is 340 g/mol. The summed E-state index contributed by atoms with van der Waals surface area (Å²) in [5.74, 6) is -1.42. The highest BCUT2D eigenvalue weighted by Crippen LogP contribution is 2.38. The molecule has 1 aliphatic heterocycles. The Balaban J connectivity index is 2.39. The maximum absolute atomic E-state index is 11.5. The van der Waals surface area contributed by atoms with Crippen LogP contribution in [0.15, 0.2) is 12.1 Å². The predicted molar refractivity (Wildman–Crippen MR) is 80.9 cm³/mol. The van der Waals surface area contributed by atoms with Gasteiger partial charge in [0.05, 0.1) is 20.8 Å². The number of carbonyl (C=O) groups is 1. The van der Waals surface area contributed by atoms with E-state index in [1.807, 2.05) is 0 Å². The third kappa shape index (κ3) is 3.78.